The van der Waals surface area contributed by atoms with Crippen molar-refractivity contribution in [1.82, 2.24) is 15.1 Å². The highest BCUT2D eigenvalue weighted by Crippen LogP contribution is 2.42. The van der Waals surface area contributed by atoms with Crippen molar-refractivity contribution in [2.75, 3.05) is 12.4 Å². The molecule has 6 nitrogen and oxygen atoms in total. The Morgan fingerprint density at radius 3 is 2.77 bits per heavy atom. The molecule has 1 aliphatic rings. The van der Waals surface area contributed by atoms with Gasteiger partial charge in [0.2, 0.25) is 5.13 Å². The first-order valence-corrected chi connectivity index (χ1v) is 9.48. The highest BCUT2D eigenvalue weighted by atomic mass is 35.5. The van der Waals surface area contributed by atoms with Crippen molar-refractivity contribution in [2.24, 2.45) is 0 Å². The Hall–Kier alpha value is -2.38. The van der Waals surface area contributed by atoms with Crippen LogP contribution < -0.4 is 5.32 Å². The number of carbonyl (C=O) groups excluding carboxylic acids is 1. The fourth-order valence-electron chi connectivity index (χ4n) is 2.51. The van der Waals surface area contributed by atoms with Crippen LogP contribution in [0.3, 0.4) is 0 Å². The van der Waals surface area contributed by atoms with Crippen molar-refractivity contribution >= 4 is 34.1 Å². The number of amides is 2. The molecule has 1 saturated carbocycles. The van der Waals surface area contributed by atoms with Gasteiger partial charge in [0.1, 0.15) is 16.5 Å². The molecule has 1 aliphatic carbocycles. The molecule has 4 rings (SSSR count). The number of rotatable bonds is 5. The molecule has 0 unspecified atom stereocenters. The summed E-state index contributed by atoms with van der Waals surface area (Å²) in [6, 6.07) is 10.9. The van der Waals surface area contributed by atoms with E-state index in [9.17, 15) is 4.79 Å². The molecular weight excluding hydrogens is 372 g/mol. The van der Waals surface area contributed by atoms with Gasteiger partial charge in [-0.2, -0.15) is 0 Å². The number of nitrogens with zero attached hydrogens (tertiary/aromatic N) is 3. The third-order valence-electron chi connectivity index (χ3n) is 4.11. The third kappa shape index (κ3) is 3.89. The molecule has 0 atom stereocenters. The summed E-state index contributed by atoms with van der Waals surface area (Å²) >= 11 is 7.35. The van der Waals surface area contributed by atoms with E-state index in [-0.39, 0.29) is 6.03 Å². The molecule has 3 aromatic rings. The SMILES string of the molecule is CN(Cc1ccc(-c2ccc(Cl)cc2)o1)C(=O)Nc1nnc(C2CC2)s1. The standard InChI is InChI=1S/C18H17ClN4O2S/c1-23(18(24)20-17-22-21-16(26-17)12-2-3-12)10-14-8-9-15(25-14)11-4-6-13(19)7-5-11/h4-9,12H,2-3,10H2,1H3,(H,20,22,24). The van der Waals surface area contributed by atoms with Crippen LogP contribution in [0.1, 0.15) is 29.5 Å². The number of hydrogen-bond acceptors (Lipinski definition) is 5. The largest absolute Gasteiger partial charge is 0.459 e. The Labute approximate surface area is 159 Å². The van der Waals surface area contributed by atoms with Gasteiger partial charge >= 0.3 is 6.03 Å². The van der Waals surface area contributed by atoms with Crippen molar-refractivity contribution in [2.45, 2.75) is 25.3 Å². The van der Waals surface area contributed by atoms with Gasteiger partial charge in [-0.3, -0.25) is 5.32 Å². The van der Waals surface area contributed by atoms with Crippen molar-refractivity contribution < 1.29 is 9.21 Å². The lowest BCUT2D eigenvalue weighted by atomic mass is 10.2. The minimum atomic E-state index is -0.243. The van der Waals surface area contributed by atoms with E-state index >= 15 is 0 Å². The monoisotopic (exact) mass is 388 g/mol. The summed E-state index contributed by atoms with van der Waals surface area (Å²) in [7, 11) is 1.71. The summed E-state index contributed by atoms with van der Waals surface area (Å²) < 4.78 is 5.83. The summed E-state index contributed by atoms with van der Waals surface area (Å²) in [6.07, 6.45) is 2.33. The normalized spacial score (nSPS) is 13.6. The van der Waals surface area contributed by atoms with Crippen LogP contribution in [0.4, 0.5) is 9.93 Å². The van der Waals surface area contributed by atoms with Gasteiger partial charge in [-0.15, -0.1) is 10.2 Å². The van der Waals surface area contributed by atoms with E-state index in [1.54, 1.807) is 11.9 Å². The molecule has 1 aromatic carbocycles. The zero-order valence-electron chi connectivity index (χ0n) is 14.1. The van der Waals surface area contributed by atoms with Gasteiger partial charge in [0.25, 0.3) is 0 Å². The van der Waals surface area contributed by atoms with E-state index in [1.807, 2.05) is 36.4 Å². The van der Waals surface area contributed by atoms with E-state index in [4.69, 9.17) is 16.0 Å². The van der Waals surface area contributed by atoms with E-state index in [0.717, 1.165) is 29.2 Å². The summed E-state index contributed by atoms with van der Waals surface area (Å²) in [5.74, 6) is 1.97. The van der Waals surface area contributed by atoms with Gasteiger partial charge in [0.05, 0.1) is 6.54 Å². The van der Waals surface area contributed by atoms with Crippen LogP contribution in [-0.2, 0) is 6.54 Å². The number of aromatic nitrogens is 2. The topological polar surface area (TPSA) is 71.3 Å². The molecule has 2 aromatic heterocycles. The van der Waals surface area contributed by atoms with E-state index in [2.05, 4.69) is 15.5 Å². The van der Waals surface area contributed by atoms with Gasteiger partial charge in [0, 0.05) is 23.6 Å². The van der Waals surface area contributed by atoms with Gasteiger partial charge in [-0.25, -0.2) is 4.79 Å². The van der Waals surface area contributed by atoms with Crippen LogP contribution >= 0.6 is 22.9 Å². The Kier molecular flexibility index (Phi) is 4.65. The highest BCUT2D eigenvalue weighted by molar-refractivity contribution is 7.15. The Balaban J connectivity index is 1.36. The first-order chi connectivity index (χ1) is 12.6. The molecule has 0 spiro atoms. The van der Waals surface area contributed by atoms with Gasteiger partial charge in [-0.05, 0) is 49.2 Å². The number of carbonyl (C=O) groups is 1. The molecule has 26 heavy (non-hydrogen) atoms. The molecule has 0 aliphatic heterocycles. The molecular formula is C18H17ClN4O2S. The fourth-order valence-corrected chi connectivity index (χ4v) is 3.53. The lowest BCUT2D eigenvalue weighted by Crippen LogP contribution is -2.30. The lowest BCUT2D eigenvalue weighted by Gasteiger charge is -2.15. The second-order valence-corrected chi connectivity index (χ2v) is 7.72. The molecule has 0 saturated heterocycles. The maximum Gasteiger partial charge on any atom is 0.323 e. The zero-order valence-corrected chi connectivity index (χ0v) is 15.7. The number of anilines is 1. The Morgan fingerprint density at radius 1 is 1.27 bits per heavy atom. The number of halogens is 1. The molecule has 0 bridgehead atoms. The van der Waals surface area contributed by atoms with Crippen molar-refractivity contribution in [3.05, 3.63) is 52.2 Å². The van der Waals surface area contributed by atoms with Crippen LogP contribution in [0.2, 0.25) is 5.02 Å². The second-order valence-electron chi connectivity index (χ2n) is 6.28. The van der Waals surface area contributed by atoms with Gasteiger partial charge in [-0.1, -0.05) is 22.9 Å². The third-order valence-corrected chi connectivity index (χ3v) is 5.36. The van der Waals surface area contributed by atoms with Gasteiger partial charge < -0.3 is 9.32 Å². The average Bonchev–Trinajstić information content (AvgIpc) is 3.20. The molecule has 2 amide bonds. The lowest BCUT2D eigenvalue weighted by molar-refractivity contribution is 0.217. The smallest absolute Gasteiger partial charge is 0.323 e. The van der Waals surface area contributed by atoms with Crippen molar-refractivity contribution in [1.29, 1.82) is 0 Å². The van der Waals surface area contributed by atoms with Crippen LogP contribution in [0, 0.1) is 0 Å². The average molecular weight is 389 g/mol. The zero-order chi connectivity index (χ0) is 18.1. The summed E-state index contributed by atoms with van der Waals surface area (Å²) in [4.78, 5) is 13.9. The number of nitrogens with one attached hydrogen (secondary N) is 1. The van der Waals surface area contributed by atoms with E-state index < -0.39 is 0 Å². The molecule has 134 valence electrons. The van der Waals surface area contributed by atoms with Crippen molar-refractivity contribution in [3.63, 3.8) is 0 Å². The molecule has 1 fully saturated rings. The van der Waals surface area contributed by atoms with E-state index in [1.165, 1.54) is 11.3 Å². The summed E-state index contributed by atoms with van der Waals surface area (Å²) in [5.41, 5.74) is 0.939. The molecule has 0 radical (unpaired) electrons. The number of benzene rings is 1. The van der Waals surface area contributed by atoms with Gasteiger partial charge in [0.15, 0.2) is 0 Å². The molecule has 1 N–H and O–H groups in total. The summed E-state index contributed by atoms with van der Waals surface area (Å²) in [5, 5.41) is 13.2. The highest BCUT2D eigenvalue weighted by Gasteiger charge is 2.28. The van der Waals surface area contributed by atoms with Crippen LogP contribution in [0.25, 0.3) is 11.3 Å². The fraction of sp³-hybridized carbons (Fsp3) is 0.278. The molecule has 2 heterocycles. The minimum absolute atomic E-state index is 0.243. The van der Waals surface area contributed by atoms with E-state index in [0.29, 0.717) is 28.4 Å². The Bertz CT molecular complexity index is 917. The number of urea groups is 1. The van der Waals surface area contributed by atoms with Crippen LogP contribution in [-0.4, -0.2) is 28.2 Å². The number of hydrogen-bond donors (Lipinski definition) is 1. The summed E-state index contributed by atoms with van der Waals surface area (Å²) in [6.45, 7) is 0.355. The maximum absolute atomic E-state index is 12.3. The van der Waals surface area contributed by atoms with Crippen LogP contribution in [0.5, 0.6) is 0 Å². The Morgan fingerprint density at radius 2 is 2.04 bits per heavy atom. The van der Waals surface area contributed by atoms with Crippen LogP contribution in [0.15, 0.2) is 40.8 Å². The predicted molar refractivity (Wildman–Crippen MR) is 102 cm³/mol. The van der Waals surface area contributed by atoms with Crippen molar-refractivity contribution in [3.8, 4) is 11.3 Å². The molecule has 8 heteroatoms. The first-order valence-electron chi connectivity index (χ1n) is 8.28. The predicted octanol–water partition coefficient (Wildman–Crippen LogP) is 4.99. The quantitative estimate of drug-likeness (QED) is 0.668. The number of furan rings is 1. The minimum Gasteiger partial charge on any atom is -0.459 e. The second kappa shape index (κ2) is 7.09. The maximum atomic E-state index is 12.3. The first kappa shape index (κ1) is 17.1.